The van der Waals surface area contributed by atoms with Crippen LogP contribution in [0.5, 0.6) is 0 Å². The van der Waals surface area contributed by atoms with Gasteiger partial charge in [0.15, 0.2) is 0 Å². The van der Waals surface area contributed by atoms with Crippen molar-refractivity contribution in [1.82, 2.24) is 10.2 Å². The molecule has 1 fully saturated rings. The van der Waals surface area contributed by atoms with Crippen LogP contribution in [0.25, 0.3) is 21.1 Å². The minimum atomic E-state index is -0.933. The van der Waals surface area contributed by atoms with Gasteiger partial charge in [-0.1, -0.05) is 30.4 Å². The molecule has 0 aliphatic carbocycles. The number of aromatic nitrogens is 2. The number of nitrogens with zero attached hydrogens (tertiary/aromatic N) is 3. The fraction of sp³-hybridized carbons (Fsp3) is 0.348. The molecule has 1 aliphatic rings. The molecule has 2 heterocycles. The first-order chi connectivity index (χ1) is 14.6. The molecule has 1 aliphatic heterocycles. The van der Waals surface area contributed by atoms with E-state index in [4.69, 9.17) is 9.84 Å². The second-order valence-electron chi connectivity index (χ2n) is 7.40. The van der Waals surface area contributed by atoms with Gasteiger partial charge in [0.1, 0.15) is 10.0 Å². The summed E-state index contributed by atoms with van der Waals surface area (Å²) >= 11 is 1.50. The SMILES string of the molecule is CCCOC1CCN(c2ccc(-c3nnc(-c4ccc(C(=O)O)cc4)s3)cc2)CC1. The summed E-state index contributed by atoms with van der Waals surface area (Å²) in [4.78, 5) is 13.4. The van der Waals surface area contributed by atoms with Crippen LogP contribution in [-0.4, -0.2) is 47.1 Å². The van der Waals surface area contributed by atoms with Crippen LogP contribution in [0.1, 0.15) is 36.5 Å². The van der Waals surface area contributed by atoms with E-state index in [1.54, 1.807) is 24.3 Å². The lowest BCUT2D eigenvalue weighted by atomic mass is 10.1. The smallest absolute Gasteiger partial charge is 0.335 e. The Hall–Kier alpha value is -2.77. The molecule has 0 saturated carbocycles. The van der Waals surface area contributed by atoms with Crippen LogP contribution in [0.3, 0.4) is 0 Å². The van der Waals surface area contributed by atoms with E-state index in [-0.39, 0.29) is 5.56 Å². The zero-order valence-electron chi connectivity index (χ0n) is 17.0. The summed E-state index contributed by atoms with van der Waals surface area (Å²) in [5.41, 5.74) is 3.39. The van der Waals surface area contributed by atoms with Crippen LogP contribution < -0.4 is 4.90 Å². The van der Waals surface area contributed by atoms with Gasteiger partial charge in [0.25, 0.3) is 0 Å². The minimum Gasteiger partial charge on any atom is -0.478 e. The third kappa shape index (κ3) is 4.68. The Bertz CT molecular complexity index is 978. The molecule has 156 valence electrons. The molecule has 7 heteroatoms. The van der Waals surface area contributed by atoms with Crippen molar-refractivity contribution in [3.63, 3.8) is 0 Å². The molecular weight excluding hydrogens is 398 g/mol. The summed E-state index contributed by atoms with van der Waals surface area (Å²) in [6.45, 7) is 5.03. The first-order valence-electron chi connectivity index (χ1n) is 10.3. The molecule has 6 nitrogen and oxygen atoms in total. The van der Waals surface area contributed by atoms with Crippen LogP contribution >= 0.6 is 11.3 Å². The number of ether oxygens (including phenoxy) is 1. The fourth-order valence-electron chi connectivity index (χ4n) is 3.59. The molecule has 30 heavy (non-hydrogen) atoms. The zero-order valence-corrected chi connectivity index (χ0v) is 17.8. The lowest BCUT2D eigenvalue weighted by Gasteiger charge is -2.33. The predicted molar refractivity (Wildman–Crippen MR) is 119 cm³/mol. The summed E-state index contributed by atoms with van der Waals surface area (Å²) in [5, 5.41) is 19.3. The van der Waals surface area contributed by atoms with Gasteiger partial charge in [0.05, 0.1) is 11.7 Å². The third-order valence-electron chi connectivity index (χ3n) is 5.28. The fourth-order valence-corrected chi connectivity index (χ4v) is 4.45. The van der Waals surface area contributed by atoms with Crippen molar-refractivity contribution >= 4 is 23.0 Å². The van der Waals surface area contributed by atoms with Crippen LogP contribution in [0, 0.1) is 0 Å². The number of benzene rings is 2. The number of aromatic carboxylic acids is 1. The first-order valence-corrected chi connectivity index (χ1v) is 11.1. The van der Waals surface area contributed by atoms with E-state index in [1.165, 1.54) is 17.0 Å². The maximum Gasteiger partial charge on any atom is 0.335 e. The molecule has 0 atom stereocenters. The monoisotopic (exact) mass is 423 g/mol. The van der Waals surface area contributed by atoms with Gasteiger partial charge < -0.3 is 14.7 Å². The second-order valence-corrected chi connectivity index (χ2v) is 8.38. The third-order valence-corrected chi connectivity index (χ3v) is 6.30. The molecule has 0 radical (unpaired) electrons. The molecule has 0 amide bonds. The van der Waals surface area contributed by atoms with E-state index < -0.39 is 5.97 Å². The molecule has 3 aromatic rings. The van der Waals surface area contributed by atoms with Gasteiger partial charge in [0.2, 0.25) is 0 Å². The van der Waals surface area contributed by atoms with Crippen molar-refractivity contribution in [2.45, 2.75) is 32.3 Å². The second kappa shape index (κ2) is 9.36. The Morgan fingerprint density at radius 1 is 1.03 bits per heavy atom. The first kappa shape index (κ1) is 20.5. The number of carboxylic acid groups (broad SMARTS) is 1. The topological polar surface area (TPSA) is 75.5 Å². The van der Waals surface area contributed by atoms with Crippen molar-refractivity contribution in [3.8, 4) is 21.1 Å². The van der Waals surface area contributed by atoms with Gasteiger partial charge in [0, 0.05) is 36.5 Å². The summed E-state index contributed by atoms with van der Waals surface area (Å²) in [5.74, 6) is -0.933. The lowest BCUT2D eigenvalue weighted by molar-refractivity contribution is 0.0375. The standard InChI is InChI=1S/C23H25N3O3S/c1-2-15-29-20-11-13-26(14-12-20)19-9-7-17(8-10-19)22-25-24-21(30-22)16-3-5-18(6-4-16)23(27)28/h3-10,20H,2,11-15H2,1H3,(H,27,28). The number of anilines is 1. The summed E-state index contributed by atoms with van der Waals surface area (Å²) in [6, 6.07) is 15.2. The highest BCUT2D eigenvalue weighted by Crippen LogP contribution is 2.31. The number of carboxylic acids is 1. The largest absolute Gasteiger partial charge is 0.478 e. The molecule has 0 bridgehead atoms. The molecule has 0 spiro atoms. The van der Waals surface area contributed by atoms with Crippen molar-refractivity contribution in [2.24, 2.45) is 0 Å². The van der Waals surface area contributed by atoms with Gasteiger partial charge in [-0.05, 0) is 55.7 Å². The number of rotatable bonds is 7. The van der Waals surface area contributed by atoms with E-state index >= 15 is 0 Å². The summed E-state index contributed by atoms with van der Waals surface area (Å²) in [7, 11) is 0. The lowest BCUT2D eigenvalue weighted by Crippen LogP contribution is -2.37. The summed E-state index contributed by atoms with van der Waals surface area (Å²) in [6.07, 6.45) is 3.61. The maximum atomic E-state index is 11.0. The van der Waals surface area contributed by atoms with Gasteiger partial charge >= 0.3 is 5.97 Å². The Morgan fingerprint density at radius 3 is 2.13 bits per heavy atom. The minimum absolute atomic E-state index is 0.264. The van der Waals surface area contributed by atoms with E-state index in [2.05, 4.69) is 46.3 Å². The van der Waals surface area contributed by atoms with Crippen LogP contribution in [0.4, 0.5) is 5.69 Å². The van der Waals surface area contributed by atoms with Gasteiger partial charge in [-0.25, -0.2) is 4.79 Å². The van der Waals surface area contributed by atoms with Crippen molar-refractivity contribution in [2.75, 3.05) is 24.6 Å². The highest BCUT2D eigenvalue weighted by molar-refractivity contribution is 7.17. The Balaban J connectivity index is 1.41. The average molecular weight is 424 g/mol. The van der Waals surface area contributed by atoms with E-state index in [0.717, 1.165) is 60.1 Å². The molecular formula is C23H25N3O3S. The molecule has 1 N–H and O–H groups in total. The Labute approximate surface area is 180 Å². The number of piperidine rings is 1. The Kier molecular flexibility index (Phi) is 6.40. The highest BCUT2D eigenvalue weighted by atomic mass is 32.1. The normalized spacial score (nSPS) is 14.8. The van der Waals surface area contributed by atoms with E-state index in [1.807, 2.05) is 0 Å². The van der Waals surface area contributed by atoms with Crippen LogP contribution in [0.15, 0.2) is 48.5 Å². The molecule has 1 aromatic heterocycles. The average Bonchev–Trinajstić information content (AvgIpc) is 3.28. The Morgan fingerprint density at radius 2 is 1.60 bits per heavy atom. The van der Waals surface area contributed by atoms with E-state index in [0.29, 0.717) is 6.10 Å². The number of carbonyl (C=O) groups is 1. The molecule has 1 saturated heterocycles. The molecule has 4 rings (SSSR count). The summed E-state index contributed by atoms with van der Waals surface area (Å²) < 4.78 is 5.88. The van der Waals surface area contributed by atoms with Gasteiger partial charge in [-0.3, -0.25) is 0 Å². The molecule has 0 unspecified atom stereocenters. The quantitative estimate of drug-likeness (QED) is 0.578. The van der Waals surface area contributed by atoms with Gasteiger partial charge in [-0.15, -0.1) is 10.2 Å². The number of hydrogen-bond acceptors (Lipinski definition) is 6. The van der Waals surface area contributed by atoms with Crippen LogP contribution in [-0.2, 0) is 4.74 Å². The molecule has 2 aromatic carbocycles. The van der Waals surface area contributed by atoms with Crippen molar-refractivity contribution in [3.05, 3.63) is 54.1 Å². The van der Waals surface area contributed by atoms with Gasteiger partial charge in [-0.2, -0.15) is 0 Å². The van der Waals surface area contributed by atoms with Crippen molar-refractivity contribution < 1.29 is 14.6 Å². The number of hydrogen-bond donors (Lipinski definition) is 1. The zero-order chi connectivity index (χ0) is 20.9. The van der Waals surface area contributed by atoms with E-state index in [9.17, 15) is 4.79 Å². The maximum absolute atomic E-state index is 11.0. The predicted octanol–water partition coefficient (Wildman–Crippen LogP) is 4.97. The van der Waals surface area contributed by atoms with Crippen molar-refractivity contribution in [1.29, 1.82) is 0 Å². The highest BCUT2D eigenvalue weighted by Gasteiger charge is 2.20. The van der Waals surface area contributed by atoms with Crippen LogP contribution in [0.2, 0.25) is 0 Å².